The number of anilines is 2. The van der Waals surface area contributed by atoms with Crippen LogP contribution in [0.2, 0.25) is 5.02 Å². The Hall–Kier alpha value is -2.10. The lowest BCUT2D eigenvalue weighted by Gasteiger charge is -2.12. The molecule has 3 aromatic rings. The smallest absolute Gasteiger partial charge is 0.261 e. The lowest BCUT2D eigenvalue weighted by molar-refractivity contribution is 0.102. The highest BCUT2D eigenvalue weighted by atomic mass is 127. The van der Waals surface area contributed by atoms with Gasteiger partial charge in [0.25, 0.3) is 15.9 Å². The fourth-order valence-electron chi connectivity index (χ4n) is 2.65. The normalized spacial score (nSPS) is 11.2. The van der Waals surface area contributed by atoms with Crippen molar-refractivity contribution in [3.05, 3.63) is 85.9 Å². The molecule has 0 heterocycles. The second-order valence-electron chi connectivity index (χ2n) is 6.53. The molecule has 0 spiro atoms. The van der Waals surface area contributed by atoms with E-state index in [1.165, 1.54) is 30.3 Å². The SMILES string of the molecule is Cc1ccc(S(=O)(=O)Nc2ccc(Cl)c(C(=O)Nc3ccc(I)cc3C)c2)cc1. The molecule has 3 rings (SSSR count). The van der Waals surface area contributed by atoms with Crippen LogP contribution < -0.4 is 10.0 Å². The molecule has 8 heteroatoms. The van der Waals surface area contributed by atoms with Gasteiger partial charge in [0.05, 0.1) is 15.5 Å². The highest BCUT2D eigenvalue weighted by Crippen LogP contribution is 2.25. The van der Waals surface area contributed by atoms with Crippen LogP contribution >= 0.6 is 34.2 Å². The maximum atomic E-state index is 12.7. The summed E-state index contributed by atoms with van der Waals surface area (Å²) in [6.45, 7) is 3.77. The molecule has 0 bridgehead atoms. The second kappa shape index (κ2) is 8.73. The van der Waals surface area contributed by atoms with Crippen molar-refractivity contribution in [2.75, 3.05) is 10.0 Å². The third kappa shape index (κ3) is 5.29. The maximum Gasteiger partial charge on any atom is 0.261 e. The van der Waals surface area contributed by atoms with E-state index in [0.29, 0.717) is 5.69 Å². The Morgan fingerprint density at radius 3 is 2.31 bits per heavy atom. The number of sulfonamides is 1. The molecular formula is C21H18ClIN2O3S. The molecule has 0 radical (unpaired) electrons. The van der Waals surface area contributed by atoms with Gasteiger partial charge >= 0.3 is 0 Å². The van der Waals surface area contributed by atoms with Gasteiger partial charge in [-0.05, 0) is 90.5 Å². The zero-order chi connectivity index (χ0) is 21.2. The number of hydrogen-bond donors (Lipinski definition) is 2. The summed E-state index contributed by atoms with van der Waals surface area (Å²) in [5.74, 6) is -0.421. The molecule has 0 aliphatic heterocycles. The number of rotatable bonds is 5. The molecule has 0 unspecified atom stereocenters. The molecule has 0 atom stereocenters. The van der Waals surface area contributed by atoms with Crippen LogP contribution in [0.3, 0.4) is 0 Å². The minimum atomic E-state index is -3.78. The van der Waals surface area contributed by atoms with Crippen LogP contribution in [-0.2, 0) is 10.0 Å². The van der Waals surface area contributed by atoms with Gasteiger partial charge < -0.3 is 5.32 Å². The lowest BCUT2D eigenvalue weighted by atomic mass is 10.1. The number of benzene rings is 3. The van der Waals surface area contributed by atoms with E-state index in [9.17, 15) is 13.2 Å². The van der Waals surface area contributed by atoms with E-state index in [1.54, 1.807) is 12.1 Å². The third-order valence-corrected chi connectivity index (χ3v) is 6.63. The molecular weight excluding hydrogens is 523 g/mol. The van der Waals surface area contributed by atoms with Crippen LogP contribution in [0.5, 0.6) is 0 Å². The molecule has 0 saturated heterocycles. The average Bonchev–Trinajstić information content (AvgIpc) is 2.65. The van der Waals surface area contributed by atoms with Crippen LogP contribution in [0.15, 0.2) is 65.6 Å². The van der Waals surface area contributed by atoms with Crippen molar-refractivity contribution in [3.8, 4) is 0 Å². The maximum absolute atomic E-state index is 12.7. The van der Waals surface area contributed by atoms with E-state index in [0.717, 1.165) is 14.7 Å². The summed E-state index contributed by atoms with van der Waals surface area (Å²) in [5, 5.41) is 3.04. The van der Waals surface area contributed by atoms with Crippen LogP contribution in [0.4, 0.5) is 11.4 Å². The van der Waals surface area contributed by atoms with Crippen molar-refractivity contribution in [3.63, 3.8) is 0 Å². The van der Waals surface area contributed by atoms with Crippen LogP contribution in [0.1, 0.15) is 21.5 Å². The van der Waals surface area contributed by atoms with E-state index >= 15 is 0 Å². The van der Waals surface area contributed by atoms with Crippen molar-refractivity contribution in [1.82, 2.24) is 0 Å². The highest BCUT2D eigenvalue weighted by molar-refractivity contribution is 14.1. The molecule has 0 aliphatic rings. The minimum absolute atomic E-state index is 0.138. The highest BCUT2D eigenvalue weighted by Gasteiger charge is 2.17. The minimum Gasteiger partial charge on any atom is -0.322 e. The zero-order valence-corrected chi connectivity index (χ0v) is 19.4. The first-order valence-corrected chi connectivity index (χ1v) is 11.6. The Morgan fingerprint density at radius 2 is 1.66 bits per heavy atom. The summed E-state index contributed by atoms with van der Waals surface area (Å²) in [4.78, 5) is 12.9. The van der Waals surface area contributed by atoms with Gasteiger partial charge in [-0.1, -0.05) is 29.3 Å². The fourth-order valence-corrected chi connectivity index (χ4v) is 4.55. The van der Waals surface area contributed by atoms with Gasteiger partial charge in [0.15, 0.2) is 0 Å². The molecule has 0 aromatic heterocycles. The summed E-state index contributed by atoms with van der Waals surface area (Å²) in [5.41, 5.74) is 2.96. The van der Waals surface area contributed by atoms with E-state index in [-0.39, 0.29) is 21.2 Å². The summed E-state index contributed by atoms with van der Waals surface area (Å²) in [6.07, 6.45) is 0. The number of amides is 1. The first kappa shape index (κ1) is 21.6. The van der Waals surface area contributed by atoms with Gasteiger partial charge in [0, 0.05) is 14.9 Å². The Kier molecular flexibility index (Phi) is 6.50. The molecule has 0 fully saturated rings. The predicted molar refractivity (Wildman–Crippen MR) is 125 cm³/mol. The zero-order valence-electron chi connectivity index (χ0n) is 15.7. The Morgan fingerprint density at radius 1 is 0.966 bits per heavy atom. The van der Waals surface area contributed by atoms with E-state index < -0.39 is 15.9 Å². The first-order chi connectivity index (χ1) is 13.7. The molecule has 5 nitrogen and oxygen atoms in total. The number of carbonyl (C=O) groups is 1. The topological polar surface area (TPSA) is 75.3 Å². The lowest BCUT2D eigenvalue weighted by Crippen LogP contribution is -2.16. The second-order valence-corrected chi connectivity index (χ2v) is 9.86. The molecule has 1 amide bonds. The van der Waals surface area contributed by atoms with Gasteiger partial charge in [-0.25, -0.2) is 8.42 Å². The monoisotopic (exact) mass is 540 g/mol. The van der Waals surface area contributed by atoms with Crippen molar-refractivity contribution in [2.45, 2.75) is 18.7 Å². The average molecular weight is 541 g/mol. The summed E-state index contributed by atoms with van der Waals surface area (Å²) >= 11 is 8.39. The Balaban J connectivity index is 1.85. The largest absolute Gasteiger partial charge is 0.322 e. The van der Waals surface area contributed by atoms with E-state index in [4.69, 9.17) is 11.6 Å². The molecule has 0 saturated carbocycles. The van der Waals surface area contributed by atoms with Crippen molar-refractivity contribution in [2.24, 2.45) is 0 Å². The number of carbonyl (C=O) groups excluding carboxylic acids is 1. The Labute approximate surface area is 188 Å². The molecule has 2 N–H and O–H groups in total. The molecule has 150 valence electrons. The number of aryl methyl sites for hydroxylation is 2. The van der Waals surface area contributed by atoms with Crippen molar-refractivity contribution >= 4 is 61.5 Å². The summed E-state index contributed by atoms with van der Waals surface area (Å²) < 4.78 is 28.8. The number of nitrogens with one attached hydrogen (secondary N) is 2. The van der Waals surface area contributed by atoms with Crippen LogP contribution in [-0.4, -0.2) is 14.3 Å². The third-order valence-electron chi connectivity index (χ3n) is 4.23. The molecule has 29 heavy (non-hydrogen) atoms. The van der Waals surface area contributed by atoms with Gasteiger partial charge in [-0.15, -0.1) is 0 Å². The van der Waals surface area contributed by atoms with Gasteiger partial charge in [0.2, 0.25) is 0 Å². The first-order valence-electron chi connectivity index (χ1n) is 8.62. The van der Waals surface area contributed by atoms with Crippen molar-refractivity contribution < 1.29 is 13.2 Å². The number of halogens is 2. The van der Waals surface area contributed by atoms with E-state index in [1.807, 2.05) is 32.0 Å². The molecule has 3 aromatic carbocycles. The van der Waals surface area contributed by atoms with E-state index in [2.05, 4.69) is 32.6 Å². The number of hydrogen-bond acceptors (Lipinski definition) is 3. The van der Waals surface area contributed by atoms with Gasteiger partial charge in [0.1, 0.15) is 0 Å². The standard InChI is InChI=1S/C21H18ClIN2O3S/c1-13-3-7-17(8-4-13)29(27,28)25-16-6-9-19(22)18(12-16)21(26)24-20-10-5-15(23)11-14(20)2/h3-12,25H,1-2H3,(H,24,26). The predicted octanol–water partition coefficient (Wildman–Crippen LogP) is 5.61. The van der Waals surface area contributed by atoms with Crippen molar-refractivity contribution in [1.29, 1.82) is 0 Å². The molecule has 0 aliphatic carbocycles. The van der Waals surface area contributed by atoms with Crippen LogP contribution in [0.25, 0.3) is 0 Å². The Bertz CT molecular complexity index is 1180. The van der Waals surface area contributed by atoms with Gasteiger partial charge in [-0.3, -0.25) is 9.52 Å². The van der Waals surface area contributed by atoms with Crippen LogP contribution in [0, 0.1) is 17.4 Å². The quantitative estimate of drug-likeness (QED) is 0.413. The van der Waals surface area contributed by atoms with Gasteiger partial charge in [-0.2, -0.15) is 0 Å². The summed E-state index contributed by atoms with van der Waals surface area (Å²) in [7, 11) is -3.78. The summed E-state index contributed by atoms with van der Waals surface area (Å²) in [6, 6.07) is 16.6. The fraction of sp³-hybridized carbons (Fsp3) is 0.0952.